The van der Waals surface area contributed by atoms with Crippen molar-refractivity contribution in [3.63, 3.8) is 0 Å². The highest BCUT2D eigenvalue weighted by molar-refractivity contribution is 7.89. The van der Waals surface area contributed by atoms with Gasteiger partial charge in [-0.3, -0.25) is 0 Å². The van der Waals surface area contributed by atoms with Crippen molar-refractivity contribution in [2.75, 3.05) is 6.61 Å². The summed E-state index contributed by atoms with van der Waals surface area (Å²) in [5.74, 6) is 0.632. The van der Waals surface area contributed by atoms with E-state index in [0.717, 1.165) is 0 Å². The summed E-state index contributed by atoms with van der Waals surface area (Å²) in [7, 11) is -3.65. The van der Waals surface area contributed by atoms with Gasteiger partial charge in [-0.05, 0) is 50.6 Å². The molecule has 1 aromatic carbocycles. The molecule has 0 saturated carbocycles. The summed E-state index contributed by atoms with van der Waals surface area (Å²) < 4.78 is 27.8. The molecule has 0 spiro atoms. The maximum absolute atomic E-state index is 11.2. The smallest absolute Gasteiger partial charge is 0.238 e. The van der Waals surface area contributed by atoms with E-state index >= 15 is 0 Å². The van der Waals surface area contributed by atoms with Gasteiger partial charge in [-0.1, -0.05) is 5.57 Å². The van der Waals surface area contributed by atoms with Gasteiger partial charge in [0.2, 0.25) is 10.0 Å². The average molecular weight is 255 g/mol. The lowest BCUT2D eigenvalue weighted by Crippen LogP contribution is -2.13. The summed E-state index contributed by atoms with van der Waals surface area (Å²) in [5.41, 5.74) is 1.75. The minimum Gasteiger partial charge on any atom is -0.490 e. The molecule has 0 aliphatic rings. The highest BCUT2D eigenvalue weighted by atomic mass is 32.2. The van der Waals surface area contributed by atoms with Crippen LogP contribution in [0.4, 0.5) is 0 Å². The number of rotatable bonds is 4. The van der Waals surface area contributed by atoms with Crippen LogP contribution in [0.15, 0.2) is 34.7 Å². The van der Waals surface area contributed by atoms with E-state index < -0.39 is 10.0 Å². The van der Waals surface area contributed by atoms with Crippen LogP contribution in [0.2, 0.25) is 0 Å². The van der Waals surface area contributed by atoms with Crippen LogP contribution in [0.3, 0.4) is 0 Å². The number of nitrogens with two attached hydrogens (primary N) is 1. The van der Waals surface area contributed by atoms with Crippen LogP contribution in [0.25, 0.3) is 0 Å². The third-order valence-corrected chi connectivity index (χ3v) is 3.27. The Morgan fingerprint density at radius 3 is 2.53 bits per heavy atom. The lowest BCUT2D eigenvalue weighted by atomic mass is 10.2. The fourth-order valence-electron chi connectivity index (χ4n) is 1.34. The molecule has 0 aliphatic heterocycles. The molecule has 17 heavy (non-hydrogen) atoms. The Balaban J connectivity index is 2.87. The number of ether oxygens (including phenoxy) is 1. The largest absolute Gasteiger partial charge is 0.490 e. The zero-order valence-corrected chi connectivity index (χ0v) is 11.0. The predicted molar refractivity (Wildman–Crippen MR) is 67.5 cm³/mol. The standard InChI is InChI=1S/C12H17NO3S/c1-9(2)6-7-16-11-4-5-12(10(3)8-11)17(13,14)15/h4-6,8H,7H2,1-3H3,(H2,13,14,15). The van der Waals surface area contributed by atoms with Gasteiger partial charge in [0.1, 0.15) is 12.4 Å². The van der Waals surface area contributed by atoms with Crippen LogP contribution in [0, 0.1) is 6.92 Å². The first-order valence-corrected chi connectivity index (χ1v) is 6.75. The van der Waals surface area contributed by atoms with Gasteiger partial charge in [-0.15, -0.1) is 0 Å². The van der Waals surface area contributed by atoms with E-state index in [-0.39, 0.29) is 4.90 Å². The van der Waals surface area contributed by atoms with Crippen molar-refractivity contribution in [2.45, 2.75) is 25.7 Å². The molecule has 1 rings (SSSR count). The lowest BCUT2D eigenvalue weighted by molar-refractivity contribution is 0.361. The van der Waals surface area contributed by atoms with Gasteiger partial charge in [0.25, 0.3) is 0 Å². The summed E-state index contributed by atoms with van der Waals surface area (Å²) in [6.07, 6.45) is 1.95. The normalized spacial score (nSPS) is 11.1. The van der Waals surface area contributed by atoms with Gasteiger partial charge >= 0.3 is 0 Å². The minimum atomic E-state index is -3.65. The highest BCUT2D eigenvalue weighted by Crippen LogP contribution is 2.20. The second kappa shape index (κ2) is 5.33. The van der Waals surface area contributed by atoms with Gasteiger partial charge in [0, 0.05) is 0 Å². The molecule has 0 heterocycles. The topological polar surface area (TPSA) is 69.4 Å². The highest BCUT2D eigenvalue weighted by Gasteiger charge is 2.11. The first-order chi connectivity index (χ1) is 7.80. The number of hydrogen-bond donors (Lipinski definition) is 1. The van der Waals surface area contributed by atoms with Gasteiger partial charge in [-0.25, -0.2) is 13.6 Å². The van der Waals surface area contributed by atoms with Crippen molar-refractivity contribution in [3.05, 3.63) is 35.4 Å². The Morgan fingerprint density at radius 2 is 2.06 bits per heavy atom. The number of hydrogen-bond acceptors (Lipinski definition) is 3. The maximum atomic E-state index is 11.2. The minimum absolute atomic E-state index is 0.132. The van der Waals surface area contributed by atoms with Crippen LogP contribution in [-0.4, -0.2) is 15.0 Å². The van der Waals surface area contributed by atoms with Crippen molar-refractivity contribution in [1.29, 1.82) is 0 Å². The monoisotopic (exact) mass is 255 g/mol. The lowest BCUT2D eigenvalue weighted by Gasteiger charge is -2.07. The van der Waals surface area contributed by atoms with Crippen LogP contribution >= 0.6 is 0 Å². The third kappa shape index (κ3) is 4.20. The quantitative estimate of drug-likeness (QED) is 0.836. The molecule has 0 unspecified atom stereocenters. The molecule has 94 valence electrons. The molecule has 2 N–H and O–H groups in total. The van der Waals surface area contributed by atoms with Crippen molar-refractivity contribution in [3.8, 4) is 5.75 Å². The summed E-state index contributed by atoms with van der Waals surface area (Å²) in [5, 5.41) is 5.07. The molecule has 0 radical (unpaired) electrons. The van der Waals surface area contributed by atoms with Crippen molar-refractivity contribution in [2.24, 2.45) is 5.14 Å². The van der Waals surface area contributed by atoms with Crippen LogP contribution in [-0.2, 0) is 10.0 Å². The molecule has 4 nitrogen and oxygen atoms in total. The van der Waals surface area contributed by atoms with E-state index in [4.69, 9.17) is 9.88 Å². The number of aryl methyl sites for hydroxylation is 1. The van der Waals surface area contributed by atoms with E-state index in [2.05, 4.69) is 0 Å². The van der Waals surface area contributed by atoms with E-state index in [9.17, 15) is 8.42 Å². The van der Waals surface area contributed by atoms with Gasteiger partial charge in [-0.2, -0.15) is 0 Å². The number of sulfonamides is 1. The van der Waals surface area contributed by atoms with E-state index in [1.54, 1.807) is 19.1 Å². The summed E-state index contributed by atoms with van der Waals surface area (Å²) in [4.78, 5) is 0.132. The molecule has 0 saturated heterocycles. The number of allylic oxidation sites excluding steroid dienone is 1. The fraction of sp³-hybridized carbons (Fsp3) is 0.333. The maximum Gasteiger partial charge on any atom is 0.238 e. The number of primary sulfonamides is 1. The molecule has 1 aromatic rings. The molecule has 5 heteroatoms. The Kier molecular flexibility index (Phi) is 4.31. The summed E-state index contributed by atoms with van der Waals surface area (Å²) in [6, 6.07) is 4.73. The molecule has 0 fully saturated rings. The second-order valence-corrected chi connectivity index (χ2v) is 5.59. The van der Waals surface area contributed by atoms with E-state index in [1.807, 2.05) is 19.9 Å². The van der Waals surface area contributed by atoms with Gasteiger partial charge in [0.15, 0.2) is 0 Å². The van der Waals surface area contributed by atoms with Crippen molar-refractivity contribution >= 4 is 10.0 Å². The Morgan fingerprint density at radius 1 is 1.41 bits per heavy atom. The summed E-state index contributed by atoms with van der Waals surface area (Å²) in [6.45, 7) is 6.13. The first kappa shape index (κ1) is 13.7. The number of benzene rings is 1. The Hall–Kier alpha value is -1.33. The molecular weight excluding hydrogens is 238 g/mol. The van der Waals surface area contributed by atoms with E-state index in [1.165, 1.54) is 11.6 Å². The Bertz CT molecular complexity index is 529. The fourth-order valence-corrected chi connectivity index (χ4v) is 2.10. The average Bonchev–Trinajstić information content (AvgIpc) is 2.14. The van der Waals surface area contributed by atoms with E-state index in [0.29, 0.717) is 17.9 Å². The molecule has 0 aliphatic carbocycles. The van der Waals surface area contributed by atoms with Crippen LogP contribution in [0.1, 0.15) is 19.4 Å². The van der Waals surface area contributed by atoms with Gasteiger partial charge in [0.05, 0.1) is 4.90 Å². The molecule has 0 aromatic heterocycles. The summed E-state index contributed by atoms with van der Waals surface area (Å²) >= 11 is 0. The third-order valence-electron chi connectivity index (χ3n) is 2.19. The molecule has 0 amide bonds. The molecular formula is C12H17NO3S. The van der Waals surface area contributed by atoms with Crippen molar-refractivity contribution < 1.29 is 13.2 Å². The molecule has 0 atom stereocenters. The zero-order valence-electron chi connectivity index (χ0n) is 10.2. The van der Waals surface area contributed by atoms with Crippen LogP contribution < -0.4 is 9.88 Å². The second-order valence-electron chi connectivity index (χ2n) is 4.06. The molecule has 0 bridgehead atoms. The zero-order chi connectivity index (χ0) is 13.1. The van der Waals surface area contributed by atoms with Gasteiger partial charge < -0.3 is 4.74 Å². The Labute approximate surface area is 102 Å². The SMILES string of the molecule is CC(C)=CCOc1ccc(S(N)(=O)=O)c(C)c1. The van der Waals surface area contributed by atoms with Crippen LogP contribution in [0.5, 0.6) is 5.75 Å². The first-order valence-electron chi connectivity index (χ1n) is 5.20. The van der Waals surface area contributed by atoms with Crippen molar-refractivity contribution in [1.82, 2.24) is 0 Å². The predicted octanol–water partition coefficient (Wildman–Crippen LogP) is 1.99.